The van der Waals surface area contributed by atoms with Crippen LogP contribution < -0.4 is 5.32 Å². The van der Waals surface area contributed by atoms with E-state index < -0.39 is 17.7 Å². The highest BCUT2D eigenvalue weighted by atomic mass is 19.2. The third kappa shape index (κ3) is 4.36. The van der Waals surface area contributed by atoms with Gasteiger partial charge in [-0.25, -0.2) is 8.78 Å². The minimum atomic E-state index is -1.02. The number of carbonyl (C=O) groups is 2. The number of anilines is 1. The van der Waals surface area contributed by atoms with E-state index in [1.54, 1.807) is 0 Å². The Hall–Kier alpha value is -2.80. The third-order valence-corrected chi connectivity index (χ3v) is 5.83. The van der Waals surface area contributed by atoms with Gasteiger partial charge in [-0.05, 0) is 48.9 Å². The summed E-state index contributed by atoms with van der Waals surface area (Å²) in [5.41, 5.74) is 2.26. The Morgan fingerprint density at radius 2 is 1.73 bits per heavy atom. The zero-order chi connectivity index (χ0) is 21.1. The SMILES string of the molecule is O=C(CN1CCc2ccccc2[C@@H]1C(=O)N1CCCCC1)Nc1ccc(F)c(F)c1. The molecule has 1 saturated heterocycles. The number of likely N-dealkylation sites (tertiary alicyclic amines) is 1. The van der Waals surface area contributed by atoms with Crippen LogP contribution in [0.3, 0.4) is 0 Å². The van der Waals surface area contributed by atoms with Gasteiger partial charge in [-0.3, -0.25) is 14.5 Å². The van der Waals surface area contributed by atoms with Gasteiger partial charge in [0.15, 0.2) is 11.6 Å². The first-order chi connectivity index (χ1) is 14.5. The molecule has 0 saturated carbocycles. The van der Waals surface area contributed by atoms with Crippen molar-refractivity contribution >= 4 is 17.5 Å². The summed E-state index contributed by atoms with van der Waals surface area (Å²) in [5, 5.41) is 2.61. The first-order valence-electron chi connectivity index (χ1n) is 10.4. The van der Waals surface area contributed by atoms with Crippen LogP contribution in [0.4, 0.5) is 14.5 Å². The fourth-order valence-electron chi connectivity index (χ4n) is 4.32. The van der Waals surface area contributed by atoms with Crippen LogP contribution in [0.1, 0.15) is 36.4 Å². The van der Waals surface area contributed by atoms with Crippen molar-refractivity contribution in [2.75, 3.05) is 31.5 Å². The van der Waals surface area contributed by atoms with E-state index in [0.29, 0.717) is 6.54 Å². The molecule has 0 aromatic heterocycles. The van der Waals surface area contributed by atoms with E-state index in [1.165, 1.54) is 6.07 Å². The molecule has 1 fully saturated rings. The second kappa shape index (κ2) is 8.92. The molecule has 2 amide bonds. The molecule has 0 bridgehead atoms. The Morgan fingerprint density at radius 1 is 0.967 bits per heavy atom. The maximum atomic E-state index is 13.4. The van der Waals surface area contributed by atoms with Crippen molar-refractivity contribution in [3.05, 3.63) is 65.2 Å². The summed E-state index contributed by atoms with van der Waals surface area (Å²) < 4.78 is 26.6. The summed E-state index contributed by atoms with van der Waals surface area (Å²) in [6.45, 7) is 2.06. The predicted octanol–water partition coefficient (Wildman–Crippen LogP) is 3.52. The molecule has 2 aliphatic rings. The average Bonchev–Trinajstić information content (AvgIpc) is 2.76. The first kappa shape index (κ1) is 20.5. The summed E-state index contributed by atoms with van der Waals surface area (Å²) in [4.78, 5) is 29.8. The maximum absolute atomic E-state index is 13.4. The molecule has 0 aliphatic carbocycles. The van der Waals surface area contributed by atoms with E-state index in [0.717, 1.165) is 62.0 Å². The Morgan fingerprint density at radius 3 is 2.50 bits per heavy atom. The number of amides is 2. The molecule has 30 heavy (non-hydrogen) atoms. The molecule has 7 heteroatoms. The molecule has 0 radical (unpaired) electrons. The Labute approximate surface area is 174 Å². The number of hydrogen-bond donors (Lipinski definition) is 1. The van der Waals surface area contributed by atoms with Crippen LogP contribution >= 0.6 is 0 Å². The van der Waals surface area contributed by atoms with Crippen LogP contribution in [0.2, 0.25) is 0 Å². The number of piperidine rings is 1. The molecule has 2 aromatic rings. The van der Waals surface area contributed by atoms with Gasteiger partial charge in [0.05, 0.1) is 6.54 Å². The highest BCUT2D eigenvalue weighted by Gasteiger charge is 2.36. The third-order valence-electron chi connectivity index (χ3n) is 5.83. The summed E-state index contributed by atoms with van der Waals surface area (Å²) in [6.07, 6.45) is 3.87. The Kier molecular flexibility index (Phi) is 6.08. The van der Waals surface area contributed by atoms with Crippen molar-refractivity contribution in [1.82, 2.24) is 9.80 Å². The molecular formula is C23H25F2N3O2. The van der Waals surface area contributed by atoms with Gasteiger partial charge in [-0.2, -0.15) is 0 Å². The predicted molar refractivity (Wildman–Crippen MR) is 110 cm³/mol. The lowest BCUT2D eigenvalue weighted by atomic mass is 9.91. The lowest BCUT2D eigenvalue weighted by molar-refractivity contribution is -0.139. The highest BCUT2D eigenvalue weighted by molar-refractivity contribution is 5.93. The van der Waals surface area contributed by atoms with E-state index in [2.05, 4.69) is 5.32 Å². The zero-order valence-corrected chi connectivity index (χ0v) is 16.7. The number of nitrogens with zero attached hydrogens (tertiary/aromatic N) is 2. The van der Waals surface area contributed by atoms with Crippen LogP contribution in [0.25, 0.3) is 0 Å². The standard InChI is InChI=1S/C23H25F2N3O2/c24-19-9-8-17(14-20(19)25)26-21(29)15-28-13-10-16-6-2-3-7-18(16)22(28)23(30)27-11-4-1-5-12-27/h2-3,6-9,14,22H,1,4-5,10-13,15H2,(H,26,29)/t22-/m1/s1. The van der Waals surface area contributed by atoms with E-state index in [-0.39, 0.29) is 24.0 Å². The average molecular weight is 413 g/mol. The van der Waals surface area contributed by atoms with Crippen molar-refractivity contribution in [3.63, 3.8) is 0 Å². The molecule has 5 nitrogen and oxygen atoms in total. The molecule has 4 rings (SSSR count). The first-order valence-corrected chi connectivity index (χ1v) is 10.4. The highest BCUT2D eigenvalue weighted by Crippen LogP contribution is 2.32. The van der Waals surface area contributed by atoms with Crippen LogP contribution in [-0.4, -0.2) is 47.8 Å². The van der Waals surface area contributed by atoms with E-state index in [9.17, 15) is 18.4 Å². The van der Waals surface area contributed by atoms with Crippen LogP contribution in [-0.2, 0) is 16.0 Å². The fraction of sp³-hybridized carbons (Fsp3) is 0.391. The molecule has 0 spiro atoms. The monoisotopic (exact) mass is 413 g/mol. The number of fused-ring (bicyclic) bond motifs is 1. The minimum absolute atomic E-state index is 0.00240. The molecule has 1 atom stereocenters. The lowest BCUT2D eigenvalue weighted by Gasteiger charge is -2.39. The molecule has 2 aromatic carbocycles. The maximum Gasteiger partial charge on any atom is 0.244 e. The van der Waals surface area contributed by atoms with Crippen LogP contribution in [0, 0.1) is 11.6 Å². The quantitative estimate of drug-likeness (QED) is 0.835. The second-order valence-electron chi connectivity index (χ2n) is 7.88. The normalized spacial score (nSPS) is 19.3. The summed E-state index contributed by atoms with van der Waals surface area (Å²) in [5.74, 6) is -2.31. The fourth-order valence-corrected chi connectivity index (χ4v) is 4.32. The Balaban J connectivity index is 1.53. The number of rotatable bonds is 4. The zero-order valence-electron chi connectivity index (χ0n) is 16.7. The smallest absolute Gasteiger partial charge is 0.244 e. The number of hydrogen-bond acceptors (Lipinski definition) is 3. The van der Waals surface area contributed by atoms with Gasteiger partial charge in [0, 0.05) is 31.4 Å². The van der Waals surface area contributed by atoms with Crippen molar-refractivity contribution in [1.29, 1.82) is 0 Å². The van der Waals surface area contributed by atoms with Crippen LogP contribution in [0.5, 0.6) is 0 Å². The topological polar surface area (TPSA) is 52.7 Å². The molecule has 2 aliphatic heterocycles. The number of benzene rings is 2. The largest absolute Gasteiger partial charge is 0.341 e. The number of carbonyl (C=O) groups excluding carboxylic acids is 2. The van der Waals surface area contributed by atoms with Gasteiger partial charge in [0.25, 0.3) is 0 Å². The second-order valence-corrected chi connectivity index (χ2v) is 7.88. The number of halogens is 2. The Bertz CT molecular complexity index is 944. The van der Waals surface area contributed by atoms with Gasteiger partial charge in [0.1, 0.15) is 6.04 Å². The van der Waals surface area contributed by atoms with E-state index in [1.807, 2.05) is 34.1 Å². The molecular weight excluding hydrogens is 388 g/mol. The van der Waals surface area contributed by atoms with Crippen molar-refractivity contribution < 1.29 is 18.4 Å². The minimum Gasteiger partial charge on any atom is -0.341 e. The van der Waals surface area contributed by atoms with Crippen LogP contribution in [0.15, 0.2) is 42.5 Å². The van der Waals surface area contributed by atoms with E-state index >= 15 is 0 Å². The lowest BCUT2D eigenvalue weighted by Crippen LogP contribution is -2.49. The van der Waals surface area contributed by atoms with Crippen molar-refractivity contribution in [2.24, 2.45) is 0 Å². The summed E-state index contributed by atoms with van der Waals surface area (Å²) >= 11 is 0. The van der Waals surface area contributed by atoms with Gasteiger partial charge in [-0.15, -0.1) is 0 Å². The van der Waals surface area contributed by atoms with E-state index in [4.69, 9.17) is 0 Å². The molecule has 0 unspecified atom stereocenters. The van der Waals surface area contributed by atoms with Crippen molar-refractivity contribution in [2.45, 2.75) is 31.7 Å². The summed E-state index contributed by atoms with van der Waals surface area (Å²) in [6, 6.07) is 10.6. The summed E-state index contributed by atoms with van der Waals surface area (Å²) in [7, 11) is 0. The molecule has 158 valence electrons. The molecule has 2 heterocycles. The van der Waals surface area contributed by atoms with Gasteiger partial charge in [-0.1, -0.05) is 24.3 Å². The van der Waals surface area contributed by atoms with Crippen molar-refractivity contribution in [3.8, 4) is 0 Å². The molecule has 1 N–H and O–H groups in total. The number of nitrogens with one attached hydrogen (secondary N) is 1. The van der Waals surface area contributed by atoms with Gasteiger partial charge < -0.3 is 10.2 Å². The van der Waals surface area contributed by atoms with Gasteiger partial charge >= 0.3 is 0 Å². The van der Waals surface area contributed by atoms with Gasteiger partial charge in [0.2, 0.25) is 11.8 Å².